The normalized spacial score (nSPS) is 14.3. The minimum atomic E-state index is -4.15. The molecule has 22 heavy (non-hydrogen) atoms. The Morgan fingerprint density at radius 2 is 1.68 bits per heavy atom. The van der Waals surface area contributed by atoms with E-state index in [2.05, 4.69) is 5.32 Å². The van der Waals surface area contributed by atoms with Gasteiger partial charge in [-0.05, 0) is 37.1 Å². The van der Waals surface area contributed by atoms with Gasteiger partial charge in [-0.15, -0.1) is 0 Å². The van der Waals surface area contributed by atoms with Crippen LogP contribution in [0.4, 0.5) is 4.39 Å². The summed E-state index contributed by atoms with van der Waals surface area (Å²) < 4.78 is 39.0. The van der Waals surface area contributed by atoms with E-state index in [1.807, 2.05) is 4.72 Å². The first kappa shape index (κ1) is 18.1. The number of sulfonamides is 1. The van der Waals surface area contributed by atoms with Crippen LogP contribution in [0.25, 0.3) is 0 Å². The quantitative estimate of drug-likeness (QED) is 0.848. The molecule has 1 aromatic carbocycles. The van der Waals surface area contributed by atoms with Gasteiger partial charge in [0.1, 0.15) is 11.4 Å². The summed E-state index contributed by atoms with van der Waals surface area (Å²) in [5, 5.41) is 2.46. The van der Waals surface area contributed by atoms with Crippen molar-refractivity contribution >= 4 is 21.8 Å². The molecule has 8 heteroatoms. The van der Waals surface area contributed by atoms with E-state index in [0.717, 1.165) is 24.3 Å². The van der Waals surface area contributed by atoms with E-state index in [9.17, 15) is 22.4 Å². The van der Waals surface area contributed by atoms with Crippen LogP contribution in [0.15, 0.2) is 29.2 Å². The summed E-state index contributed by atoms with van der Waals surface area (Å²) in [4.78, 5) is 23.3. The van der Waals surface area contributed by atoms with Crippen molar-refractivity contribution in [2.75, 3.05) is 0 Å². The summed E-state index contributed by atoms with van der Waals surface area (Å²) in [5.41, 5.74) is -1.39. The maximum Gasteiger partial charge on any atom is 0.264 e. The molecular formula is C14H19FN2O4S. The molecule has 0 fully saturated rings. The number of hydrogen-bond acceptors (Lipinski definition) is 4. The Bertz CT molecular complexity index is 671. The molecule has 1 atom stereocenters. The lowest BCUT2D eigenvalue weighted by atomic mass is 9.87. The third kappa shape index (κ3) is 4.03. The van der Waals surface area contributed by atoms with Crippen LogP contribution in [-0.2, 0) is 19.6 Å². The van der Waals surface area contributed by atoms with Crippen LogP contribution in [-0.4, -0.2) is 25.8 Å². The van der Waals surface area contributed by atoms with E-state index in [4.69, 9.17) is 0 Å². The van der Waals surface area contributed by atoms with Gasteiger partial charge in [0.25, 0.3) is 15.9 Å². The Labute approximate surface area is 129 Å². The third-order valence-corrected chi connectivity index (χ3v) is 4.76. The molecule has 2 amide bonds. The Balaban J connectivity index is 3.07. The smallest absolute Gasteiger partial charge is 0.264 e. The van der Waals surface area contributed by atoms with Gasteiger partial charge in [0.2, 0.25) is 5.91 Å². The van der Waals surface area contributed by atoms with Gasteiger partial charge in [-0.25, -0.2) is 17.5 Å². The molecule has 0 aliphatic heterocycles. The van der Waals surface area contributed by atoms with Gasteiger partial charge in [-0.1, -0.05) is 13.8 Å². The maximum absolute atomic E-state index is 12.8. The van der Waals surface area contributed by atoms with Crippen LogP contribution in [0.3, 0.4) is 0 Å². The van der Waals surface area contributed by atoms with Crippen LogP contribution < -0.4 is 10.0 Å². The number of halogens is 1. The molecule has 0 saturated carbocycles. The van der Waals surface area contributed by atoms with Crippen molar-refractivity contribution in [1.82, 2.24) is 10.0 Å². The Kier molecular flexibility index (Phi) is 5.29. The first-order valence-corrected chi connectivity index (χ1v) is 8.09. The average molecular weight is 330 g/mol. The van der Waals surface area contributed by atoms with Crippen LogP contribution >= 0.6 is 0 Å². The number of carbonyl (C=O) groups is 2. The maximum atomic E-state index is 12.8. The minimum Gasteiger partial charge on any atom is -0.342 e. The number of carbonyl (C=O) groups excluding carboxylic acids is 2. The average Bonchev–Trinajstić information content (AvgIpc) is 2.37. The van der Waals surface area contributed by atoms with Crippen molar-refractivity contribution in [3.8, 4) is 0 Å². The third-order valence-electron chi connectivity index (χ3n) is 3.41. The molecule has 0 aliphatic carbocycles. The summed E-state index contributed by atoms with van der Waals surface area (Å²) in [5.74, 6) is -2.25. The number of rotatable bonds is 5. The number of amides is 2. The van der Waals surface area contributed by atoms with Crippen molar-refractivity contribution in [3.63, 3.8) is 0 Å². The summed E-state index contributed by atoms with van der Waals surface area (Å²) in [6.45, 7) is 6.04. The zero-order valence-electron chi connectivity index (χ0n) is 12.8. The zero-order valence-corrected chi connectivity index (χ0v) is 13.6. The highest BCUT2D eigenvalue weighted by atomic mass is 32.2. The number of hydrogen-bond donors (Lipinski definition) is 2. The van der Waals surface area contributed by atoms with E-state index in [0.29, 0.717) is 0 Å². The molecule has 0 aromatic heterocycles. The molecule has 0 saturated heterocycles. The molecular weight excluding hydrogens is 311 g/mol. The summed E-state index contributed by atoms with van der Waals surface area (Å²) in [7, 11) is -4.15. The van der Waals surface area contributed by atoms with Gasteiger partial charge in [-0.3, -0.25) is 9.59 Å². The molecule has 0 spiro atoms. The Morgan fingerprint density at radius 3 is 2.09 bits per heavy atom. The van der Waals surface area contributed by atoms with Crippen molar-refractivity contribution in [3.05, 3.63) is 30.1 Å². The number of nitrogens with one attached hydrogen (secondary N) is 2. The van der Waals surface area contributed by atoms with E-state index >= 15 is 0 Å². The Morgan fingerprint density at radius 1 is 1.18 bits per heavy atom. The van der Waals surface area contributed by atoms with Crippen LogP contribution in [0, 0.1) is 11.7 Å². The molecule has 1 aromatic rings. The van der Waals surface area contributed by atoms with Gasteiger partial charge in [-0.2, -0.15) is 0 Å². The molecule has 0 heterocycles. The Hall–Kier alpha value is -1.96. The molecule has 1 unspecified atom stereocenters. The van der Waals surface area contributed by atoms with Crippen molar-refractivity contribution in [2.45, 2.75) is 38.1 Å². The molecule has 0 aliphatic rings. The lowest BCUT2D eigenvalue weighted by Crippen LogP contribution is -2.60. The molecule has 122 valence electrons. The van der Waals surface area contributed by atoms with Crippen molar-refractivity contribution in [2.24, 2.45) is 5.92 Å². The molecule has 1 rings (SSSR count). The summed E-state index contributed by atoms with van der Waals surface area (Å²) in [6.07, 6.45) is 0. The molecule has 2 N–H and O–H groups in total. The topological polar surface area (TPSA) is 92.3 Å². The molecule has 0 radical (unpaired) electrons. The number of benzene rings is 1. The molecule has 0 bridgehead atoms. The van der Waals surface area contributed by atoms with Crippen molar-refractivity contribution in [1.29, 1.82) is 0 Å². The summed E-state index contributed by atoms with van der Waals surface area (Å²) in [6, 6.07) is 4.06. The first-order valence-electron chi connectivity index (χ1n) is 6.60. The molecule has 6 nitrogen and oxygen atoms in total. The SMILES string of the molecule is CC(=O)NC(C)(C(=O)NS(=O)(=O)c1ccc(F)cc1)C(C)C. The second kappa shape index (κ2) is 6.43. The monoisotopic (exact) mass is 330 g/mol. The predicted octanol–water partition coefficient (Wildman–Crippen LogP) is 1.18. The lowest BCUT2D eigenvalue weighted by Gasteiger charge is -2.32. The highest BCUT2D eigenvalue weighted by Gasteiger charge is 2.39. The van der Waals surface area contributed by atoms with E-state index in [1.54, 1.807) is 13.8 Å². The van der Waals surface area contributed by atoms with Crippen molar-refractivity contribution < 1.29 is 22.4 Å². The standard InChI is InChI=1S/C14H19FN2O4S/c1-9(2)14(4,16-10(3)18)13(19)17-22(20,21)12-7-5-11(15)6-8-12/h5-9H,1-4H3,(H,16,18)(H,17,19). The second-order valence-electron chi connectivity index (χ2n) is 5.43. The fourth-order valence-corrected chi connectivity index (χ4v) is 2.80. The fourth-order valence-electron chi connectivity index (χ4n) is 1.73. The van der Waals surface area contributed by atoms with Gasteiger partial charge in [0.05, 0.1) is 4.90 Å². The van der Waals surface area contributed by atoms with Crippen LogP contribution in [0.2, 0.25) is 0 Å². The minimum absolute atomic E-state index is 0.240. The highest BCUT2D eigenvalue weighted by molar-refractivity contribution is 7.90. The van der Waals surface area contributed by atoms with Crippen LogP contribution in [0.5, 0.6) is 0 Å². The van der Waals surface area contributed by atoms with Gasteiger partial charge in [0.15, 0.2) is 0 Å². The van der Waals surface area contributed by atoms with E-state index in [1.165, 1.54) is 13.8 Å². The predicted molar refractivity (Wildman–Crippen MR) is 78.8 cm³/mol. The van der Waals surface area contributed by atoms with E-state index < -0.39 is 33.2 Å². The van der Waals surface area contributed by atoms with E-state index in [-0.39, 0.29) is 10.8 Å². The fraction of sp³-hybridized carbons (Fsp3) is 0.429. The first-order chi connectivity index (χ1) is 9.99. The second-order valence-corrected chi connectivity index (χ2v) is 7.11. The zero-order chi connectivity index (χ0) is 17.1. The van der Waals surface area contributed by atoms with Crippen LogP contribution in [0.1, 0.15) is 27.7 Å². The highest BCUT2D eigenvalue weighted by Crippen LogP contribution is 2.18. The lowest BCUT2D eigenvalue weighted by molar-refractivity contribution is -0.132. The van der Waals surface area contributed by atoms with Gasteiger partial charge >= 0.3 is 0 Å². The summed E-state index contributed by atoms with van der Waals surface area (Å²) >= 11 is 0. The van der Waals surface area contributed by atoms with Gasteiger partial charge < -0.3 is 5.32 Å². The largest absolute Gasteiger partial charge is 0.342 e. The van der Waals surface area contributed by atoms with Gasteiger partial charge in [0, 0.05) is 6.92 Å².